The van der Waals surface area contributed by atoms with Gasteiger partial charge in [0.2, 0.25) is 0 Å². The highest BCUT2D eigenvalue weighted by Gasteiger charge is 2.11. The maximum Gasteiger partial charge on any atom is 0.342 e. The topological polar surface area (TPSA) is 72.2 Å². The summed E-state index contributed by atoms with van der Waals surface area (Å²) in [6, 6.07) is -0.0840. The van der Waals surface area contributed by atoms with Crippen molar-refractivity contribution in [1.82, 2.24) is 9.55 Å². The van der Waals surface area contributed by atoms with Crippen molar-refractivity contribution in [2.45, 2.75) is 19.9 Å². The van der Waals surface area contributed by atoms with E-state index in [4.69, 9.17) is 5.11 Å². The number of aromatic nitrogens is 2. The smallest absolute Gasteiger partial charge is 0.342 e. The molecule has 70 valence electrons. The Hall–Kier alpha value is -1.65. The number of hydrogen-bond donors (Lipinski definition) is 1. The highest BCUT2D eigenvalue weighted by molar-refractivity contribution is 5.86. The summed E-state index contributed by atoms with van der Waals surface area (Å²) in [5.41, 5.74) is -0.811. The molecule has 0 amide bonds. The predicted octanol–water partition coefficient (Wildman–Crippen LogP) is 0.522. The highest BCUT2D eigenvalue weighted by atomic mass is 16.4. The third kappa shape index (κ3) is 1.74. The van der Waals surface area contributed by atoms with Crippen LogP contribution in [0.25, 0.3) is 0 Å². The number of hydrogen-bond acceptors (Lipinski definition) is 3. The molecule has 0 aliphatic carbocycles. The Balaban J connectivity index is 3.36. The molecule has 0 radical (unpaired) electrons. The predicted molar refractivity (Wildman–Crippen MR) is 45.8 cm³/mol. The van der Waals surface area contributed by atoms with Crippen LogP contribution in [0.4, 0.5) is 0 Å². The Morgan fingerprint density at radius 3 is 2.69 bits per heavy atom. The molecule has 0 aliphatic heterocycles. The van der Waals surface area contributed by atoms with Gasteiger partial charge in [0.1, 0.15) is 5.56 Å². The molecule has 0 aromatic carbocycles. The monoisotopic (exact) mass is 182 g/mol. The Morgan fingerprint density at radius 1 is 1.62 bits per heavy atom. The molecular weight excluding hydrogens is 172 g/mol. The molecule has 0 saturated heterocycles. The minimum absolute atomic E-state index is 0.0840. The Labute approximate surface area is 74.7 Å². The van der Waals surface area contributed by atoms with Crippen molar-refractivity contribution < 1.29 is 9.90 Å². The fraction of sp³-hybridized carbons (Fsp3) is 0.375. The summed E-state index contributed by atoms with van der Waals surface area (Å²) >= 11 is 0. The van der Waals surface area contributed by atoms with Gasteiger partial charge in [0.15, 0.2) is 0 Å². The standard InChI is InChI=1S/C8H10N2O3/c1-5(2)10-4-9-3-6(7(10)11)8(12)13/h3-5H,1-2H3,(H,12,13). The zero-order chi connectivity index (χ0) is 10.0. The second-order valence-electron chi connectivity index (χ2n) is 2.92. The van der Waals surface area contributed by atoms with Crippen LogP contribution < -0.4 is 5.56 Å². The van der Waals surface area contributed by atoms with Gasteiger partial charge in [-0.1, -0.05) is 0 Å². The Morgan fingerprint density at radius 2 is 2.23 bits per heavy atom. The van der Waals surface area contributed by atoms with Gasteiger partial charge in [-0.15, -0.1) is 0 Å². The molecule has 5 heteroatoms. The molecule has 0 spiro atoms. The molecule has 1 rings (SSSR count). The summed E-state index contributed by atoms with van der Waals surface area (Å²) in [4.78, 5) is 25.6. The summed E-state index contributed by atoms with van der Waals surface area (Å²) in [6.07, 6.45) is 2.39. The SMILES string of the molecule is CC(C)n1cncc(C(=O)O)c1=O. The summed E-state index contributed by atoms with van der Waals surface area (Å²) in [5, 5.41) is 8.62. The van der Waals surface area contributed by atoms with Crippen LogP contribution in [0.15, 0.2) is 17.3 Å². The first-order valence-electron chi connectivity index (χ1n) is 3.83. The van der Waals surface area contributed by atoms with Gasteiger partial charge in [0.05, 0.1) is 6.33 Å². The highest BCUT2D eigenvalue weighted by Crippen LogP contribution is 1.98. The number of carboxylic acid groups (broad SMARTS) is 1. The van der Waals surface area contributed by atoms with Crippen molar-refractivity contribution in [2.75, 3.05) is 0 Å². The van der Waals surface area contributed by atoms with Gasteiger partial charge in [0, 0.05) is 12.2 Å². The van der Waals surface area contributed by atoms with Crippen LogP contribution in [0.2, 0.25) is 0 Å². The van der Waals surface area contributed by atoms with E-state index in [0.717, 1.165) is 6.20 Å². The van der Waals surface area contributed by atoms with Crippen LogP contribution in [-0.2, 0) is 0 Å². The zero-order valence-corrected chi connectivity index (χ0v) is 7.39. The van der Waals surface area contributed by atoms with Crippen LogP contribution >= 0.6 is 0 Å². The van der Waals surface area contributed by atoms with Gasteiger partial charge < -0.3 is 5.11 Å². The molecule has 1 aromatic heterocycles. The molecule has 0 atom stereocenters. The minimum atomic E-state index is -1.24. The molecule has 1 aromatic rings. The molecule has 0 aliphatic rings. The number of carbonyl (C=O) groups is 1. The zero-order valence-electron chi connectivity index (χ0n) is 7.39. The van der Waals surface area contributed by atoms with E-state index in [-0.39, 0.29) is 11.6 Å². The third-order valence-corrected chi connectivity index (χ3v) is 1.65. The second-order valence-corrected chi connectivity index (χ2v) is 2.92. The van der Waals surface area contributed by atoms with E-state index in [1.807, 2.05) is 0 Å². The van der Waals surface area contributed by atoms with Crippen molar-refractivity contribution >= 4 is 5.97 Å². The maximum absolute atomic E-state index is 11.4. The van der Waals surface area contributed by atoms with Gasteiger partial charge in [-0.05, 0) is 13.8 Å². The average Bonchev–Trinajstić information content (AvgIpc) is 2.03. The maximum atomic E-state index is 11.4. The van der Waals surface area contributed by atoms with Crippen molar-refractivity contribution in [2.24, 2.45) is 0 Å². The van der Waals surface area contributed by atoms with Crippen LogP contribution in [0.3, 0.4) is 0 Å². The van der Waals surface area contributed by atoms with Crippen LogP contribution in [0, 0.1) is 0 Å². The van der Waals surface area contributed by atoms with Gasteiger partial charge in [-0.25, -0.2) is 9.78 Å². The van der Waals surface area contributed by atoms with E-state index < -0.39 is 11.5 Å². The summed E-state index contributed by atoms with van der Waals surface area (Å²) in [5.74, 6) is -1.24. The first-order chi connectivity index (χ1) is 6.04. The molecule has 0 unspecified atom stereocenters. The number of carboxylic acids is 1. The van der Waals surface area contributed by atoms with Gasteiger partial charge >= 0.3 is 5.97 Å². The first-order valence-corrected chi connectivity index (χ1v) is 3.83. The van der Waals surface area contributed by atoms with Crippen LogP contribution in [0.1, 0.15) is 30.2 Å². The van der Waals surface area contributed by atoms with E-state index in [9.17, 15) is 9.59 Å². The van der Waals surface area contributed by atoms with Crippen LogP contribution in [-0.4, -0.2) is 20.6 Å². The Bertz CT molecular complexity index is 381. The lowest BCUT2D eigenvalue weighted by molar-refractivity contribution is 0.0693. The minimum Gasteiger partial charge on any atom is -0.477 e. The second kappa shape index (κ2) is 3.38. The van der Waals surface area contributed by atoms with E-state index in [1.54, 1.807) is 13.8 Å². The number of rotatable bonds is 2. The summed E-state index contributed by atoms with van der Waals surface area (Å²) in [6.45, 7) is 3.57. The van der Waals surface area contributed by atoms with Crippen molar-refractivity contribution in [3.63, 3.8) is 0 Å². The van der Waals surface area contributed by atoms with E-state index in [2.05, 4.69) is 4.98 Å². The molecule has 0 bridgehead atoms. The molecule has 0 saturated carbocycles. The van der Waals surface area contributed by atoms with Gasteiger partial charge in [-0.2, -0.15) is 0 Å². The van der Waals surface area contributed by atoms with Crippen molar-refractivity contribution in [1.29, 1.82) is 0 Å². The molecule has 5 nitrogen and oxygen atoms in total. The lowest BCUT2D eigenvalue weighted by Crippen LogP contribution is -2.27. The molecule has 13 heavy (non-hydrogen) atoms. The lowest BCUT2D eigenvalue weighted by Gasteiger charge is -2.08. The van der Waals surface area contributed by atoms with E-state index in [0.29, 0.717) is 0 Å². The van der Waals surface area contributed by atoms with E-state index in [1.165, 1.54) is 10.9 Å². The average molecular weight is 182 g/mol. The lowest BCUT2D eigenvalue weighted by atomic mass is 10.3. The molecule has 0 fully saturated rings. The molecule has 1 heterocycles. The fourth-order valence-electron chi connectivity index (χ4n) is 0.941. The number of aromatic carboxylic acids is 1. The van der Waals surface area contributed by atoms with Crippen molar-refractivity contribution in [3.8, 4) is 0 Å². The normalized spacial score (nSPS) is 10.4. The van der Waals surface area contributed by atoms with Gasteiger partial charge in [-0.3, -0.25) is 9.36 Å². The quantitative estimate of drug-likeness (QED) is 0.723. The van der Waals surface area contributed by atoms with Crippen LogP contribution in [0.5, 0.6) is 0 Å². The molecular formula is C8H10N2O3. The third-order valence-electron chi connectivity index (χ3n) is 1.65. The fourth-order valence-corrected chi connectivity index (χ4v) is 0.941. The van der Waals surface area contributed by atoms with Crippen molar-refractivity contribution in [3.05, 3.63) is 28.4 Å². The summed E-state index contributed by atoms with van der Waals surface area (Å²) < 4.78 is 1.28. The largest absolute Gasteiger partial charge is 0.477 e. The van der Waals surface area contributed by atoms with Gasteiger partial charge in [0.25, 0.3) is 5.56 Å². The first kappa shape index (κ1) is 9.44. The Kier molecular flexibility index (Phi) is 2.46. The van der Waals surface area contributed by atoms with E-state index >= 15 is 0 Å². The number of nitrogens with zero attached hydrogens (tertiary/aromatic N) is 2. The summed E-state index contributed by atoms with van der Waals surface area (Å²) in [7, 11) is 0. The molecule has 1 N–H and O–H groups in total.